The summed E-state index contributed by atoms with van der Waals surface area (Å²) in [4.78, 5) is 20.8. The first kappa shape index (κ1) is 9.92. The molecule has 2 rings (SSSR count). The van der Waals surface area contributed by atoms with E-state index in [0.717, 1.165) is 5.56 Å². The van der Waals surface area contributed by atoms with Crippen LogP contribution in [0.2, 0.25) is 0 Å². The van der Waals surface area contributed by atoms with Gasteiger partial charge < -0.3 is 5.32 Å². The van der Waals surface area contributed by atoms with Gasteiger partial charge in [-0.3, -0.25) is 14.9 Å². The van der Waals surface area contributed by atoms with Crippen molar-refractivity contribution in [1.82, 2.24) is 5.32 Å². The normalized spacial score (nSPS) is 24.2. The second kappa shape index (κ2) is 3.51. The Labute approximate surface area is 90.2 Å². The molecule has 6 heteroatoms. The Kier molecular flexibility index (Phi) is 2.32. The molecular weight excluding hydrogens is 220 g/mol. The van der Waals surface area contributed by atoms with Crippen molar-refractivity contribution < 1.29 is 9.72 Å². The molecule has 0 saturated carbocycles. The summed E-state index contributed by atoms with van der Waals surface area (Å²) in [6, 6.07) is 5.74. The van der Waals surface area contributed by atoms with E-state index in [0.29, 0.717) is 0 Å². The number of nitro groups is 1. The van der Waals surface area contributed by atoms with Gasteiger partial charge in [-0.2, -0.15) is 0 Å². The predicted octanol–water partition coefficient (Wildman–Crippen LogP) is 1.37. The van der Waals surface area contributed by atoms with Crippen molar-refractivity contribution in [3.05, 3.63) is 39.9 Å². The maximum atomic E-state index is 10.8. The molecule has 5 nitrogen and oxygen atoms in total. The average Bonchev–Trinajstić information content (AvgIpc) is 2.25. The fourth-order valence-corrected chi connectivity index (χ4v) is 1.69. The van der Waals surface area contributed by atoms with Crippen LogP contribution in [-0.2, 0) is 4.79 Å². The molecule has 1 aliphatic heterocycles. The van der Waals surface area contributed by atoms with E-state index in [9.17, 15) is 14.9 Å². The topological polar surface area (TPSA) is 72.2 Å². The molecule has 15 heavy (non-hydrogen) atoms. The lowest BCUT2D eigenvalue weighted by atomic mass is 9.96. The van der Waals surface area contributed by atoms with E-state index < -0.39 is 10.3 Å². The number of non-ortho nitro benzene ring substituents is 1. The third kappa shape index (κ3) is 1.66. The highest BCUT2D eigenvalue weighted by Gasteiger charge is 2.38. The number of rotatable bonds is 2. The molecule has 0 radical (unpaired) electrons. The Bertz CT molecular complexity index is 418. The molecule has 0 unspecified atom stereocenters. The number of benzene rings is 1. The quantitative estimate of drug-likeness (QED) is 0.358. The maximum Gasteiger partial charge on any atom is 0.269 e. The van der Waals surface area contributed by atoms with Gasteiger partial charge in [0.15, 0.2) is 0 Å². The molecular formula is C9H7ClN2O3. The van der Waals surface area contributed by atoms with Crippen molar-refractivity contribution in [3.63, 3.8) is 0 Å². The van der Waals surface area contributed by atoms with E-state index in [1.807, 2.05) is 0 Å². The lowest BCUT2D eigenvalue weighted by Gasteiger charge is -2.32. The smallest absolute Gasteiger partial charge is 0.269 e. The van der Waals surface area contributed by atoms with Gasteiger partial charge in [0.2, 0.25) is 5.91 Å². The molecule has 1 amide bonds. The van der Waals surface area contributed by atoms with Crippen LogP contribution in [0.25, 0.3) is 0 Å². The van der Waals surface area contributed by atoms with E-state index >= 15 is 0 Å². The van der Waals surface area contributed by atoms with Crippen molar-refractivity contribution in [2.24, 2.45) is 0 Å². The van der Waals surface area contributed by atoms with E-state index in [1.54, 1.807) is 12.1 Å². The van der Waals surface area contributed by atoms with Crippen LogP contribution < -0.4 is 5.32 Å². The summed E-state index contributed by atoms with van der Waals surface area (Å²) < 4.78 is 0. The second-order valence-corrected chi connectivity index (χ2v) is 3.71. The van der Waals surface area contributed by atoms with Gasteiger partial charge in [-0.15, -0.1) is 11.6 Å². The Morgan fingerprint density at radius 1 is 1.33 bits per heavy atom. The van der Waals surface area contributed by atoms with Gasteiger partial charge >= 0.3 is 0 Å². The van der Waals surface area contributed by atoms with Crippen LogP contribution in [0.5, 0.6) is 0 Å². The van der Waals surface area contributed by atoms with Crippen LogP contribution in [-0.4, -0.2) is 16.2 Å². The number of carbonyl (C=O) groups excluding carboxylic acids is 1. The van der Waals surface area contributed by atoms with Gasteiger partial charge in [0.25, 0.3) is 5.69 Å². The zero-order chi connectivity index (χ0) is 11.0. The van der Waals surface area contributed by atoms with Crippen LogP contribution in [0.1, 0.15) is 11.6 Å². The molecule has 0 aromatic heterocycles. The molecule has 78 valence electrons. The lowest BCUT2D eigenvalue weighted by Crippen LogP contribution is -2.52. The third-order valence-corrected chi connectivity index (χ3v) is 2.75. The number of nitro benzene ring substituents is 1. The first-order chi connectivity index (χ1) is 7.09. The van der Waals surface area contributed by atoms with Gasteiger partial charge in [-0.05, 0) is 5.56 Å². The van der Waals surface area contributed by atoms with Gasteiger partial charge in [0, 0.05) is 12.1 Å². The summed E-state index contributed by atoms with van der Waals surface area (Å²) in [7, 11) is 0. The predicted molar refractivity (Wildman–Crippen MR) is 53.6 cm³/mol. The molecule has 1 saturated heterocycles. The first-order valence-corrected chi connectivity index (χ1v) is 4.72. The van der Waals surface area contributed by atoms with E-state index in [4.69, 9.17) is 11.6 Å². The largest absolute Gasteiger partial charge is 0.346 e. The number of halogens is 1. The number of hydrogen-bond acceptors (Lipinski definition) is 3. The van der Waals surface area contributed by atoms with Gasteiger partial charge in [0.1, 0.15) is 5.38 Å². The zero-order valence-electron chi connectivity index (χ0n) is 7.51. The minimum absolute atomic E-state index is 0.0236. The maximum absolute atomic E-state index is 10.8. The number of β-lactam (4-membered cyclic amide) rings is 1. The molecule has 1 aromatic carbocycles. The van der Waals surface area contributed by atoms with Crippen LogP contribution in [0.3, 0.4) is 0 Å². The molecule has 0 bridgehead atoms. The van der Waals surface area contributed by atoms with Gasteiger partial charge in [-0.25, -0.2) is 0 Å². The fraction of sp³-hybridized carbons (Fsp3) is 0.222. The third-order valence-electron chi connectivity index (χ3n) is 2.30. The van der Waals surface area contributed by atoms with Crippen LogP contribution in [0, 0.1) is 10.1 Å². The molecule has 1 fully saturated rings. The van der Waals surface area contributed by atoms with Gasteiger partial charge in [-0.1, -0.05) is 12.1 Å². The zero-order valence-corrected chi connectivity index (χ0v) is 8.27. The Hall–Kier alpha value is -1.62. The number of carbonyl (C=O) groups is 1. The summed E-state index contributed by atoms with van der Waals surface area (Å²) in [6.07, 6.45) is 0. The number of nitrogens with zero attached hydrogens (tertiary/aromatic N) is 1. The van der Waals surface area contributed by atoms with E-state index in [1.165, 1.54) is 12.1 Å². The summed E-state index contributed by atoms with van der Waals surface area (Å²) >= 11 is 5.76. The number of nitrogens with one attached hydrogen (secondary N) is 1. The Morgan fingerprint density at radius 2 is 1.93 bits per heavy atom. The van der Waals surface area contributed by atoms with Crippen molar-refractivity contribution in [2.45, 2.75) is 11.4 Å². The van der Waals surface area contributed by atoms with Crippen molar-refractivity contribution in [1.29, 1.82) is 0 Å². The highest BCUT2D eigenvalue weighted by molar-refractivity contribution is 6.33. The standard InChI is InChI=1S/C9H7ClN2O3/c10-7-8(11-9(7)13)5-1-3-6(4-2-5)12(14)15/h1-4,7-8H,(H,11,13)/t7-,8-/m0/s1. The Balaban J connectivity index is 2.18. The molecule has 1 aromatic rings. The van der Waals surface area contributed by atoms with Crippen molar-refractivity contribution in [3.8, 4) is 0 Å². The highest BCUT2D eigenvalue weighted by Crippen LogP contribution is 2.29. The fourth-order valence-electron chi connectivity index (χ4n) is 1.42. The summed E-state index contributed by atoms with van der Waals surface area (Å²) in [5.74, 6) is -0.208. The van der Waals surface area contributed by atoms with Gasteiger partial charge in [0.05, 0.1) is 11.0 Å². The summed E-state index contributed by atoms with van der Waals surface area (Å²) in [6.45, 7) is 0. The molecule has 1 heterocycles. The molecule has 0 aliphatic carbocycles. The van der Waals surface area contributed by atoms with E-state index in [2.05, 4.69) is 5.32 Å². The summed E-state index contributed by atoms with van der Waals surface area (Å²) in [5, 5.41) is 12.4. The van der Waals surface area contributed by atoms with Crippen LogP contribution >= 0.6 is 11.6 Å². The van der Waals surface area contributed by atoms with Crippen molar-refractivity contribution in [2.75, 3.05) is 0 Å². The van der Waals surface area contributed by atoms with Crippen LogP contribution in [0.15, 0.2) is 24.3 Å². The van der Waals surface area contributed by atoms with Crippen molar-refractivity contribution >= 4 is 23.2 Å². The SMILES string of the molecule is O=C1N[C@@H](c2ccc([N+](=O)[O-])cc2)[C@@H]1Cl. The summed E-state index contributed by atoms with van der Waals surface area (Å²) in [5.41, 5.74) is 0.802. The van der Waals surface area contributed by atoms with E-state index in [-0.39, 0.29) is 17.6 Å². The molecule has 2 atom stereocenters. The first-order valence-electron chi connectivity index (χ1n) is 4.28. The monoisotopic (exact) mass is 226 g/mol. The number of alkyl halides is 1. The molecule has 1 aliphatic rings. The Morgan fingerprint density at radius 3 is 2.33 bits per heavy atom. The second-order valence-electron chi connectivity index (χ2n) is 3.24. The molecule has 1 N–H and O–H groups in total. The minimum Gasteiger partial charge on any atom is -0.346 e. The molecule has 0 spiro atoms. The number of amides is 1. The van der Waals surface area contributed by atoms with Crippen LogP contribution in [0.4, 0.5) is 5.69 Å². The minimum atomic E-state index is -0.577. The average molecular weight is 227 g/mol. The highest BCUT2D eigenvalue weighted by atomic mass is 35.5. The lowest BCUT2D eigenvalue weighted by molar-refractivity contribution is -0.384. The number of hydrogen-bond donors (Lipinski definition) is 1.